The number of anilines is 1. The lowest BCUT2D eigenvalue weighted by Crippen LogP contribution is -2.57. The van der Waals surface area contributed by atoms with Crippen molar-refractivity contribution in [3.8, 4) is 0 Å². The molecule has 1 aliphatic heterocycles. The summed E-state index contributed by atoms with van der Waals surface area (Å²) in [5.74, 6) is -4.32. The molecule has 0 spiro atoms. The van der Waals surface area contributed by atoms with Gasteiger partial charge in [-0.1, -0.05) is 54.6 Å². The first-order valence-corrected chi connectivity index (χ1v) is 11.4. The number of rotatable bonds is 4. The molecule has 35 heavy (non-hydrogen) atoms. The number of carbonyl (C=O) groups is 3. The lowest BCUT2D eigenvalue weighted by atomic mass is 9.51. The fourth-order valence-corrected chi connectivity index (χ4v) is 6.28. The van der Waals surface area contributed by atoms with Crippen molar-refractivity contribution < 1.29 is 24.0 Å². The Hall–Kier alpha value is -4.33. The van der Waals surface area contributed by atoms with Crippen molar-refractivity contribution >= 4 is 23.5 Å². The zero-order valence-corrected chi connectivity index (χ0v) is 18.7. The Bertz CT molecular complexity index is 1400. The number of imide groups is 1. The van der Waals surface area contributed by atoms with E-state index < -0.39 is 46.0 Å². The summed E-state index contributed by atoms with van der Waals surface area (Å²) >= 11 is 0. The Morgan fingerprint density at radius 3 is 2.20 bits per heavy atom. The maximum Gasteiger partial charge on any atom is 0.338 e. The number of esters is 1. The van der Waals surface area contributed by atoms with Crippen LogP contribution >= 0.6 is 0 Å². The molecule has 1 heterocycles. The molecule has 3 aromatic rings. The average molecular weight is 468 g/mol. The Morgan fingerprint density at radius 1 is 0.971 bits per heavy atom. The van der Waals surface area contributed by atoms with Crippen molar-refractivity contribution in [3.05, 3.63) is 111 Å². The lowest BCUT2D eigenvalue weighted by molar-refractivity contribution is -0.578. The molecule has 3 aromatic carbocycles. The molecule has 0 aromatic heterocycles. The van der Waals surface area contributed by atoms with Gasteiger partial charge in [-0.3, -0.25) is 19.7 Å². The minimum absolute atomic E-state index is 0.179. The second-order valence-electron chi connectivity index (χ2n) is 8.96. The second kappa shape index (κ2) is 7.33. The normalized spacial score (nSPS) is 25.6. The predicted octanol–water partition coefficient (Wildman–Crippen LogP) is 3.65. The van der Waals surface area contributed by atoms with Crippen molar-refractivity contribution in [3.63, 3.8) is 0 Å². The van der Waals surface area contributed by atoms with E-state index in [1.54, 1.807) is 55.5 Å². The molecule has 2 amide bonds. The monoisotopic (exact) mass is 468 g/mol. The van der Waals surface area contributed by atoms with Crippen LogP contribution in [0.15, 0.2) is 72.8 Å². The molecule has 4 aliphatic rings. The van der Waals surface area contributed by atoms with Crippen LogP contribution in [0.1, 0.15) is 45.5 Å². The molecule has 0 N–H and O–H groups in total. The average Bonchev–Trinajstić information content (AvgIpc) is 3.14. The fourth-order valence-electron chi connectivity index (χ4n) is 6.28. The molecule has 1 fully saturated rings. The molecule has 3 aliphatic carbocycles. The molecule has 7 rings (SSSR count). The van der Waals surface area contributed by atoms with Gasteiger partial charge in [-0.25, -0.2) is 9.69 Å². The Labute approximate surface area is 200 Å². The summed E-state index contributed by atoms with van der Waals surface area (Å²) in [5.41, 5.74) is 0.827. The predicted molar refractivity (Wildman–Crippen MR) is 124 cm³/mol. The van der Waals surface area contributed by atoms with Gasteiger partial charge in [0.05, 0.1) is 23.8 Å². The number of carbonyl (C=O) groups excluding carboxylic acids is 3. The molecule has 8 heteroatoms. The zero-order chi connectivity index (χ0) is 24.5. The summed E-state index contributed by atoms with van der Waals surface area (Å²) in [6, 6.07) is 20.1. The first kappa shape index (κ1) is 21.2. The van der Waals surface area contributed by atoms with Gasteiger partial charge in [0.2, 0.25) is 11.8 Å². The van der Waals surface area contributed by atoms with Crippen LogP contribution in [0, 0.1) is 22.0 Å². The molecule has 2 bridgehead atoms. The topological polar surface area (TPSA) is 107 Å². The van der Waals surface area contributed by atoms with E-state index in [-0.39, 0.29) is 17.9 Å². The smallest absolute Gasteiger partial charge is 0.338 e. The van der Waals surface area contributed by atoms with Gasteiger partial charge >= 0.3 is 5.97 Å². The van der Waals surface area contributed by atoms with Crippen molar-refractivity contribution in [1.29, 1.82) is 0 Å². The highest BCUT2D eigenvalue weighted by atomic mass is 16.6. The van der Waals surface area contributed by atoms with Crippen LogP contribution in [0.5, 0.6) is 0 Å². The highest BCUT2D eigenvalue weighted by Crippen LogP contribution is 2.64. The first-order chi connectivity index (χ1) is 16.9. The molecule has 0 saturated carbocycles. The van der Waals surface area contributed by atoms with Crippen molar-refractivity contribution in [2.45, 2.75) is 18.4 Å². The summed E-state index contributed by atoms with van der Waals surface area (Å²) < 4.78 is 5.05. The maximum absolute atomic E-state index is 14.0. The molecule has 1 saturated heterocycles. The van der Waals surface area contributed by atoms with E-state index in [1.165, 1.54) is 12.1 Å². The largest absolute Gasteiger partial charge is 0.462 e. The third-order valence-electron chi connectivity index (χ3n) is 7.48. The Kier molecular flexibility index (Phi) is 4.45. The third-order valence-corrected chi connectivity index (χ3v) is 7.48. The van der Waals surface area contributed by atoms with Crippen LogP contribution in [0.2, 0.25) is 0 Å². The van der Waals surface area contributed by atoms with Gasteiger partial charge in [0.25, 0.3) is 5.54 Å². The van der Waals surface area contributed by atoms with Gasteiger partial charge in [-0.15, -0.1) is 0 Å². The van der Waals surface area contributed by atoms with Gasteiger partial charge in [-0.05, 0) is 36.2 Å². The minimum Gasteiger partial charge on any atom is -0.462 e. The van der Waals surface area contributed by atoms with Crippen LogP contribution in [-0.4, -0.2) is 29.3 Å². The van der Waals surface area contributed by atoms with Crippen molar-refractivity contribution in [2.24, 2.45) is 11.8 Å². The molecule has 8 nitrogen and oxygen atoms in total. The zero-order valence-electron chi connectivity index (χ0n) is 18.7. The second-order valence-corrected chi connectivity index (χ2v) is 8.96. The molecule has 174 valence electrons. The number of hydrogen-bond acceptors (Lipinski definition) is 6. The van der Waals surface area contributed by atoms with E-state index in [9.17, 15) is 24.5 Å². The van der Waals surface area contributed by atoms with E-state index in [4.69, 9.17) is 4.74 Å². The van der Waals surface area contributed by atoms with Crippen LogP contribution in [0.3, 0.4) is 0 Å². The summed E-state index contributed by atoms with van der Waals surface area (Å²) in [6.07, 6.45) is 0. The summed E-state index contributed by atoms with van der Waals surface area (Å²) in [4.78, 5) is 53.7. The van der Waals surface area contributed by atoms with Gasteiger partial charge < -0.3 is 4.74 Å². The summed E-state index contributed by atoms with van der Waals surface area (Å²) in [7, 11) is 0. The molecule has 0 unspecified atom stereocenters. The van der Waals surface area contributed by atoms with E-state index in [1.807, 2.05) is 12.1 Å². The Morgan fingerprint density at radius 2 is 1.60 bits per heavy atom. The molecule has 0 radical (unpaired) electrons. The van der Waals surface area contributed by atoms with Gasteiger partial charge in [0, 0.05) is 22.0 Å². The fraction of sp³-hybridized carbons (Fsp3) is 0.222. The molecule has 2 atom stereocenters. The quantitative estimate of drug-likeness (QED) is 0.250. The number of nitro groups is 1. The highest BCUT2D eigenvalue weighted by molar-refractivity contribution is 6.23. The number of benzene rings is 3. The number of nitrogens with zero attached hydrogens (tertiary/aromatic N) is 2. The van der Waals surface area contributed by atoms with Gasteiger partial charge in [0.15, 0.2) is 0 Å². The maximum atomic E-state index is 14.0. The van der Waals surface area contributed by atoms with Crippen molar-refractivity contribution in [1.82, 2.24) is 0 Å². The van der Waals surface area contributed by atoms with E-state index >= 15 is 0 Å². The van der Waals surface area contributed by atoms with E-state index in [2.05, 4.69) is 0 Å². The lowest BCUT2D eigenvalue weighted by Gasteiger charge is -2.48. The van der Waals surface area contributed by atoms with Crippen LogP contribution in [0.25, 0.3) is 0 Å². The number of hydrogen-bond donors (Lipinski definition) is 0. The van der Waals surface area contributed by atoms with Crippen LogP contribution in [0.4, 0.5) is 5.69 Å². The van der Waals surface area contributed by atoms with E-state index in [0.29, 0.717) is 22.3 Å². The first-order valence-electron chi connectivity index (χ1n) is 11.4. The van der Waals surface area contributed by atoms with Crippen LogP contribution < -0.4 is 4.90 Å². The number of ether oxygens (including phenoxy) is 1. The van der Waals surface area contributed by atoms with Gasteiger partial charge in [0.1, 0.15) is 5.92 Å². The minimum atomic E-state index is -1.88. The summed E-state index contributed by atoms with van der Waals surface area (Å²) in [6.45, 7) is 1.86. The van der Waals surface area contributed by atoms with Crippen LogP contribution in [-0.2, 0) is 19.9 Å². The molecular weight excluding hydrogens is 448 g/mol. The Balaban J connectivity index is 1.57. The van der Waals surface area contributed by atoms with E-state index in [0.717, 1.165) is 4.90 Å². The molecular formula is C27H20N2O6. The number of amides is 2. The van der Waals surface area contributed by atoms with Gasteiger partial charge in [-0.2, -0.15) is 0 Å². The highest BCUT2D eigenvalue weighted by Gasteiger charge is 2.74. The SMILES string of the molecule is CCOC(=O)c1cccc(N2C(=O)[C@@H]3C4c5ccccc5C([N+](=O)[O-])(c5ccccc54)[C@@H]3C2=O)c1. The van der Waals surface area contributed by atoms with Crippen molar-refractivity contribution in [2.75, 3.05) is 11.5 Å². The standard InChI is InChI=1S/C27H20N2O6/c1-2-35-26(32)15-8-7-9-16(14-15)28-24(30)22-21-17-10-3-5-12-19(17)27(29(33)34,23(22)25(28)31)20-13-6-4-11-18(20)21/h3-14,21-23H,2H2,1H3/t21?,22-,23+,27?/m1/s1. The summed E-state index contributed by atoms with van der Waals surface area (Å²) in [5, 5.41) is 13.0. The third kappa shape index (κ3) is 2.53.